The number of rotatable bonds is 0. The first kappa shape index (κ1) is 10.8. The van der Waals surface area contributed by atoms with Crippen LogP contribution in [0.25, 0.3) is 16.6 Å². The summed E-state index contributed by atoms with van der Waals surface area (Å²) in [5, 5.41) is 0.674. The van der Waals surface area contributed by atoms with E-state index in [0.29, 0.717) is 5.39 Å². The third-order valence-electron chi connectivity index (χ3n) is 3.31. The monoisotopic (exact) mass is 266 g/mol. The highest BCUT2D eigenvalue weighted by Gasteiger charge is 2.19. The molecule has 0 radical (unpaired) electrons. The van der Waals surface area contributed by atoms with Gasteiger partial charge in [0.1, 0.15) is 5.82 Å². The molecular weight excluding hydrogens is 256 g/mol. The van der Waals surface area contributed by atoms with E-state index in [0.717, 1.165) is 27.7 Å². The molecule has 0 fully saturated rings. The predicted molar refractivity (Wildman–Crippen MR) is 76.9 cm³/mol. The Balaban J connectivity index is 2.16. The molecule has 1 aromatic heterocycles. The second-order valence-corrected chi connectivity index (χ2v) is 5.46. The zero-order chi connectivity index (χ0) is 12.8. The van der Waals surface area contributed by atoms with Crippen LogP contribution in [0.5, 0.6) is 0 Å². The van der Waals surface area contributed by atoms with Crippen LogP contribution in [0.1, 0.15) is 5.82 Å². The molecule has 1 aliphatic heterocycles. The maximum Gasteiger partial charge on any atom is 0.266 e. The summed E-state index contributed by atoms with van der Waals surface area (Å²) in [6.45, 7) is 0. The molecule has 0 saturated heterocycles. The lowest BCUT2D eigenvalue weighted by Gasteiger charge is -2.20. The first-order valence-corrected chi connectivity index (χ1v) is 7.06. The van der Waals surface area contributed by atoms with Crippen molar-refractivity contribution in [3.05, 3.63) is 64.7 Å². The highest BCUT2D eigenvalue weighted by atomic mass is 32.2. The average molecular weight is 266 g/mol. The number of para-hydroxylation sites is 2. The normalized spacial score (nSPS) is 13.1. The van der Waals surface area contributed by atoms with Gasteiger partial charge in [-0.2, -0.15) is 0 Å². The third kappa shape index (κ3) is 1.53. The van der Waals surface area contributed by atoms with Gasteiger partial charge in [0, 0.05) is 4.90 Å². The number of aromatic nitrogens is 2. The molecule has 4 rings (SSSR count). The molecule has 2 aromatic carbocycles. The van der Waals surface area contributed by atoms with E-state index >= 15 is 0 Å². The molecule has 0 aliphatic carbocycles. The smallest absolute Gasteiger partial charge is 0.266 e. The van der Waals surface area contributed by atoms with Crippen LogP contribution in [-0.2, 0) is 5.75 Å². The van der Waals surface area contributed by atoms with Crippen LogP contribution in [0.3, 0.4) is 0 Å². The first-order valence-electron chi connectivity index (χ1n) is 6.07. The molecule has 0 bridgehead atoms. The van der Waals surface area contributed by atoms with Crippen molar-refractivity contribution in [3.8, 4) is 5.69 Å². The van der Waals surface area contributed by atoms with E-state index in [4.69, 9.17) is 0 Å². The predicted octanol–water partition coefficient (Wildman–Crippen LogP) is 2.99. The molecule has 0 spiro atoms. The Bertz CT molecular complexity index is 854. The van der Waals surface area contributed by atoms with Crippen LogP contribution in [-0.4, -0.2) is 9.55 Å². The maximum atomic E-state index is 12.6. The Kier molecular flexibility index (Phi) is 2.26. The molecule has 0 N–H and O–H groups in total. The van der Waals surface area contributed by atoms with Gasteiger partial charge in [-0.15, -0.1) is 11.8 Å². The Morgan fingerprint density at radius 1 is 1.05 bits per heavy atom. The zero-order valence-electron chi connectivity index (χ0n) is 10.0. The largest absolute Gasteiger partial charge is 0.268 e. The number of hydrogen-bond acceptors (Lipinski definition) is 3. The standard InChI is InChI=1S/C15H10N2OS/c18-15-10-5-1-2-6-11(10)16-14-9-19-13-8-4-3-7-12(13)17(14)15/h1-8H,9H2. The first-order chi connectivity index (χ1) is 9.34. The van der Waals surface area contributed by atoms with Gasteiger partial charge in [-0.25, -0.2) is 4.98 Å². The topological polar surface area (TPSA) is 34.9 Å². The van der Waals surface area contributed by atoms with Gasteiger partial charge in [0.05, 0.1) is 22.3 Å². The summed E-state index contributed by atoms with van der Waals surface area (Å²) < 4.78 is 1.74. The lowest BCUT2D eigenvalue weighted by Crippen LogP contribution is -2.25. The van der Waals surface area contributed by atoms with Gasteiger partial charge in [-0.3, -0.25) is 9.36 Å². The molecular formula is C15H10N2OS. The average Bonchev–Trinajstić information content (AvgIpc) is 2.47. The summed E-state index contributed by atoms with van der Waals surface area (Å²) in [5.41, 5.74) is 1.74. The fourth-order valence-electron chi connectivity index (χ4n) is 2.43. The van der Waals surface area contributed by atoms with Crippen molar-refractivity contribution >= 4 is 22.7 Å². The molecule has 2 heterocycles. The summed E-state index contributed by atoms with van der Waals surface area (Å²) in [6, 6.07) is 15.5. The van der Waals surface area contributed by atoms with Gasteiger partial charge in [0.15, 0.2) is 0 Å². The summed E-state index contributed by atoms with van der Waals surface area (Å²) in [7, 11) is 0. The van der Waals surface area contributed by atoms with E-state index in [1.807, 2.05) is 48.5 Å². The Morgan fingerprint density at radius 3 is 2.79 bits per heavy atom. The van der Waals surface area contributed by atoms with E-state index in [2.05, 4.69) is 4.98 Å². The van der Waals surface area contributed by atoms with Crippen molar-refractivity contribution in [1.82, 2.24) is 9.55 Å². The maximum absolute atomic E-state index is 12.6. The fraction of sp³-hybridized carbons (Fsp3) is 0.0667. The van der Waals surface area contributed by atoms with Crippen LogP contribution >= 0.6 is 11.8 Å². The van der Waals surface area contributed by atoms with E-state index in [-0.39, 0.29) is 5.56 Å². The molecule has 0 saturated carbocycles. The summed E-state index contributed by atoms with van der Waals surface area (Å²) in [5.74, 6) is 1.56. The van der Waals surface area contributed by atoms with Gasteiger partial charge in [-0.05, 0) is 24.3 Å². The molecule has 4 heteroatoms. The summed E-state index contributed by atoms with van der Waals surface area (Å²) in [6.07, 6.45) is 0. The molecule has 1 aliphatic rings. The van der Waals surface area contributed by atoms with E-state index in [1.54, 1.807) is 16.3 Å². The number of nitrogens with zero attached hydrogens (tertiary/aromatic N) is 2. The number of hydrogen-bond donors (Lipinski definition) is 0. The molecule has 0 atom stereocenters. The molecule has 92 valence electrons. The Morgan fingerprint density at radius 2 is 1.84 bits per heavy atom. The molecule has 3 nitrogen and oxygen atoms in total. The minimum absolute atomic E-state index is 0.0216. The van der Waals surface area contributed by atoms with Crippen LogP contribution in [0.4, 0.5) is 0 Å². The van der Waals surface area contributed by atoms with Crippen molar-refractivity contribution in [2.24, 2.45) is 0 Å². The minimum Gasteiger partial charge on any atom is -0.268 e. The van der Waals surface area contributed by atoms with Gasteiger partial charge in [-0.1, -0.05) is 24.3 Å². The van der Waals surface area contributed by atoms with E-state index in [1.165, 1.54) is 0 Å². The van der Waals surface area contributed by atoms with Crippen molar-refractivity contribution in [2.45, 2.75) is 10.6 Å². The highest BCUT2D eigenvalue weighted by molar-refractivity contribution is 7.98. The molecule has 0 unspecified atom stereocenters. The number of thioether (sulfide) groups is 1. The van der Waals surface area contributed by atoms with Crippen LogP contribution in [0.15, 0.2) is 58.2 Å². The minimum atomic E-state index is 0.0216. The van der Waals surface area contributed by atoms with Crippen molar-refractivity contribution in [3.63, 3.8) is 0 Å². The van der Waals surface area contributed by atoms with Gasteiger partial charge in [0.2, 0.25) is 0 Å². The molecule has 3 aromatic rings. The van der Waals surface area contributed by atoms with Crippen molar-refractivity contribution in [2.75, 3.05) is 0 Å². The van der Waals surface area contributed by atoms with Crippen LogP contribution < -0.4 is 5.56 Å². The van der Waals surface area contributed by atoms with Crippen molar-refractivity contribution in [1.29, 1.82) is 0 Å². The lowest BCUT2D eigenvalue weighted by molar-refractivity contribution is 0.854. The number of benzene rings is 2. The Hall–Kier alpha value is -2.07. The summed E-state index contributed by atoms with van der Waals surface area (Å²) >= 11 is 1.73. The SMILES string of the molecule is O=c1c2ccccc2nc2n1-c1ccccc1SC2. The van der Waals surface area contributed by atoms with Crippen molar-refractivity contribution < 1.29 is 0 Å². The van der Waals surface area contributed by atoms with E-state index < -0.39 is 0 Å². The lowest BCUT2D eigenvalue weighted by atomic mass is 10.2. The second kappa shape index (κ2) is 3.96. The third-order valence-corrected chi connectivity index (χ3v) is 4.37. The zero-order valence-corrected chi connectivity index (χ0v) is 10.9. The quantitative estimate of drug-likeness (QED) is 0.627. The fourth-order valence-corrected chi connectivity index (χ4v) is 3.39. The van der Waals surface area contributed by atoms with Crippen LogP contribution in [0.2, 0.25) is 0 Å². The van der Waals surface area contributed by atoms with Gasteiger partial charge in [0.25, 0.3) is 5.56 Å². The van der Waals surface area contributed by atoms with E-state index in [9.17, 15) is 4.79 Å². The Labute approximate surface area is 113 Å². The van der Waals surface area contributed by atoms with Gasteiger partial charge < -0.3 is 0 Å². The highest BCUT2D eigenvalue weighted by Crippen LogP contribution is 2.33. The molecule has 0 amide bonds. The second-order valence-electron chi connectivity index (χ2n) is 4.44. The van der Waals surface area contributed by atoms with Crippen LogP contribution in [0, 0.1) is 0 Å². The number of fused-ring (bicyclic) bond motifs is 4. The summed E-state index contributed by atoms with van der Waals surface area (Å²) in [4.78, 5) is 18.4. The van der Waals surface area contributed by atoms with Gasteiger partial charge >= 0.3 is 0 Å². The molecule has 19 heavy (non-hydrogen) atoms.